The summed E-state index contributed by atoms with van der Waals surface area (Å²) in [6, 6.07) is 16.9. The average Bonchev–Trinajstić information content (AvgIpc) is 3.23. The predicted octanol–water partition coefficient (Wildman–Crippen LogP) is 6.59. The van der Waals surface area contributed by atoms with Gasteiger partial charge in [0.15, 0.2) is 0 Å². The van der Waals surface area contributed by atoms with E-state index in [-0.39, 0.29) is 0 Å². The van der Waals surface area contributed by atoms with Gasteiger partial charge in [0.1, 0.15) is 5.75 Å². The summed E-state index contributed by atoms with van der Waals surface area (Å²) in [6.45, 7) is 4.53. The number of rotatable bonds is 5. The standard InChI is InChI=1S/C27H28ClN3O/c1-18(20-4-3-11-29-14-20)31-17-26(25-13-23(28)7-10-27(25)31)22-12-21(15-30-16-22)19-5-8-24(32-2)9-6-19/h5-10,12-13,15-18,20,29H,3-4,11,14H2,1-2H3. The molecule has 1 saturated heterocycles. The van der Waals surface area contributed by atoms with Crippen LogP contribution in [0.4, 0.5) is 0 Å². The highest BCUT2D eigenvalue weighted by atomic mass is 35.5. The molecular formula is C27H28ClN3O. The number of hydrogen-bond acceptors (Lipinski definition) is 3. The van der Waals surface area contributed by atoms with Crippen LogP contribution >= 0.6 is 11.6 Å². The van der Waals surface area contributed by atoms with Gasteiger partial charge in [0.2, 0.25) is 0 Å². The van der Waals surface area contributed by atoms with Gasteiger partial charge >= 0.3 is 0 Å². The van der Waals surface area contributed by atoms with E-state index < -0.39 is 0 Å². The maximum absolute atomic E-state index is 6.42. The van der Waals surface area contributed by atoms with Gasteiger partial charge in [0.25, 0.3) is 0 Å². The molecule has 2 aromatic carbocycles. The number of nitrogens with one attached hydrogen (secondary N) is 1. The van der Waals surface area contributed by atoms with Crippen LogP contribution in [0.15, 0.2) is 67.1 Å². The zero-order valence-corrected chi connectivity index (χ0v) is 19.3. The molecule has 2 aromatic heterocycles. The number of ether oxygens (including phenoxy) is 1. The van der Waals surface area contributed by atoms with Crippen LogP contribution < -0.4 is 10.1 Å². The zero-order valence-electron chi connectivity index (χ0n) is 18.5. The van der Waals surface area contributed by atoms with Gasteiger partial charge in [-0.3, -0.25) is 4.98 Å². The third-order valence-corrected chi connectivity index (χ3v) is 6.96. The number of hydrogen-bond donors (Lipinski definition) is 1. The first-order valence-corrected chi connectivity index (χ1v) is 11.6. The number of halogens is 1. The highest BCUT2D eigenvalue weighted by Crippen LogP contribution is 2.37. The third kappa shape index (κ3) is 4.01. The molecule has 2 unspecified atom stereocenters. The summed E-state index contributed by atoms with van der Waals surface area (Å²) in [5, 5.41) is 5.48. The molecule has 4 aromatic rings. The lowest BCUT2D eigenvalue weighted by atomic mass is 9.92. The molecule has 1 N–H and O–H groups in total. The molecule has 0 spiro atoms. The van der Waals surface area contributed by atoms with Gasteiger partial charge in [-0.2, -0.15) is 0 Å². The SMILES string of the molecule is COc1ccc(-c2cncc(-c3cn(C(C)C4CCCNC4)c4ccc(Cl)cc34)c2)cc1. The Balaban J connectivity index is 1.58. The monoisotopic (exact) mass is 445 g/mol. The van der Waals surface area contributed by atoms with Gasteiger partial charge in [-0.1, -0.05) is 23.7 Å². The molecule has 1 fully saturated rings. The molecule has 3 heterocycles. The Kier molecular flexibility index (Phi) is 5.90. The number of nitrogens with zero attached hydrogens (tertiary/aromatic N) is 2. The summed E-state index contributed by atoms with van der Waals surface area (Å²) in [5.41, 5.74) is 5.68. The minimum Gasteiger partial charge on any atom is -0.497 e. The highest BCUT2D eigenvalue weighted by Gasteiger charge is 2.23. The van der Waals surface area contributed by atoms with Crippen LogP contribution in [-0.2, 0) is 0 Å². The van der Waals surface area contributed by atoms with Gasteiger partial charge in [-0.05, 0) is 80.7 Å². The summed E-state index contributed by atoms with van der Waals surface area (Å²) in [6.07, 6.45) is 8.63. The number of fused-ring (bicyclic) bond motifs is 1. The van der Waals surface area contributed by atoms with Crippen LogP contribution in [0.1, 0.15) is 25.8 Å². The fourth-order valence-electron chi connectivity index (χ4n) is 4.84. The quantitative estimate of drug-likeness (QED) is 0.376. The molecule has 5 heteroatoms. The lowest BCUT2D eigenvalue weighted by Crippen LogP contribution is -2.34. The summed E-state index contributed by atoms with van der Waals surface area (Å²) < 4.78 is 7.73. The van der Waals surface area contributed by atoms with E-state index in [2.05, 4.69) is 58.3 Å². The van der Waals surface area contributed by atoms with Gasteiger partial charge in [-0.15, -0.1) is 0 Å². The molecule has 0 aliphatic carbocycles. The fraction of sp³-hybridized carbons (Fsp3) is 0.296. The van der Waals surface area contributed by atoms with Crippen LogP contribution in [0.5, 0.6) is 5.75 Å². The molecule has 164 valence electrons. The van der Waals surface area contributed by atoms with Gasteiger partial charge in [-0.25, -0.2) is 0 Å². The number of piperidine rings is 1. The van der Waals surface area contributed by atoms with Crippen LogP contribution in [0.25, 0.3) is 33.2 Å². The van der Waals surface area contributed by atoms with Gasteiger partial charge in [0, 0.05) is 57.2 Å². The lowest BCUT2D eigenvalue weighted by Gasteiger charge is -2.30. The highest BCUT2D eigenvalue weighted by molar-refractivity contribution is 6.31. The van der Waals surface area contributed by atoms with E-state index in [4.69, 9.17) is 16.3 Å². The van der Waals surface area contributed by atoms with Crippen molar-refractivity contribution in [2.75, 3.05) is 20.2 Å². The molecule has 0 bridgehead atoms. The first kappa shape index (κ1) is 21.0. The van der Waals surface area contributed by atoms with Crippen molar-refractivity contribution in [3.05, 3.63) is 72.1 Å². The number of pyridine rings is 1. The molecular weight excluding hydrogens is 418 g/mol. The Labute approximate surface area is 194 Å². The van der Waals surface area contributed by atoms with E-state index in [1.807, 2.05) is 30.6 Å². The van der Waals surface area contributed by atoms with Crippen molar-refractivity contribution in [3.63, 3.8) is 0 Å². The van der Waals surface area contributed by atoms with Gasteiger partial charge < -0.3 is 14.6 Å². The molecule has 5 rings (SSSR count). The summed E-state index contributed by atoms with van der Waals surface area (Å²) >= 11 is 6.42. The minimum atomic E-state index is 0.401. The van der Waals surface area contributed by atoms with Crippen LogP contribution in [-0.4, -0.2) is 29.8 Å². The second-order valence-electron chi connectivity index (χ2n) is 8.65. The van der Waals surface area contributed by atoms with E-state index in [9.17, 15) is 0 Å². The summed E-state index contributed by atoms with van der Waals surface area (Å²) in [4.78, 5) is 4.57. The largest absolute Gasteiger partial charge is 0.497 e. The lowest BCUT2D eigenvalue weighted by molar-refractivity contribution is 0.284. The third-order valence-electron chi connectivity index (χ3n) is 6.72. The topological polar surface area (TPSA) is 39.1 Å². The van der Waals surface area contributed by atoms with Crippen molar-refractivity contribution in [1.82, 2.24) is 14.9 Å². The van der Waals surface area contributed by atoms with Crippen molar-refractivity contribution in [2.24, 2.45) is 5.92 Å². The molecule has 0 saturated carbocycles. The number of aromatic nitrogens is 2. The van der Waals surface area contributed by atoms with Crippen LogP contribution in [0, 0.1) is 5.92 Å². The predicted molar refractivity (Wildman–Crippen MR) is 132 cm³/mol. The second-order valence-corrected chi connectivity index (χ2v) is 9.09. The Bertz CT molecular complexity index is 1230. The second kappa shape index (κ2) is 8.97. The van der Waals surface area contributed by atoms with Crippen molar-refractivity contribution in [2.45, 2.75) is 25.8 Å². The summed E-state index contributed by atoms with van der Waals surface area (Å²) in [7, 11) is 1.68. The Morgan fingerprint density at radius 2 is 1.88 bits per heavy atom. The van der Waals surface area contributed by atoms with E-state index in [1.165, 1.54) is 29.3 Å². The van der Waals surface area contributed by atoms with Crippen LogP contribution in [0.2, 0.25) is 5.02 Å². The van der Waals surface area contributed by atoms with Crippen LogP contribution in [0.3, 0.4) is 0 Å². The maximum Gasteiger partial charge on any atom is 0.118 e. The molecule has 2 atom stereocenters. The summed E-state index contributed by atoms with van der Waals surface area (Å²) in [5.74, 6) is 1.47. The van der Waals surface area contributed by atoms with Gasteiger partial charge in [0.05, 0.1) is 7.11 Å². The smallest absolute Gasteiger partial charge is 0.118 e. The fourth-order valence-corrected chi connectivity index (χ4v) is 5.01. The number of methoxy groups -OCH3 is 1. The molecule has 32 heavy (non-hydrogen) atoms. The first-order chi connectivity index (χ1) is 15.6. The van der Waals surface area contributed by atoms with Crippen molar-refractivity contribution in [3.8, 4) is 28.0 Å². The van der Waals surface area contributed by atoms with E-state index in [1.54, 1.807) is 7.11 Å². The molecule has 1 aliphatic rings. The Morgan fingerprint density at radius 1 is 1.06 bits per heavy atom. The maximum atomic E-state index is 6.42. The van der Waals surface area contributed by atoms with Crippen molar-refractivity contribution in [1.29, 1.82) is 0 Å². The van der Waals surface area contributed by atoms with E-state index in [0.29, 0.717) is 12.0 Å². The minimum absolute atomic E-state index is 0.401. The van der Waals surface area contributed by atoms with Crippen molar-refractivity contribution < 1.29 is 4.74 Å². The normalized spacial score (nSPS) is 17.4. The average molecular weight is 446 g/mol. The number of benzene rings is 2. The Hall–Kier alpha value is -2.82. The molecule has 0 amide bonds. The molecule has 4 nitrogen and oxygen atoms in total. The molecule has 1 aliphatic heterocycles. The Morgan fingerprint density at radius 3 is 2.62 bits per heavy atom. The van der Waals surface area contributed by atoms with E-state index in [0.717, 1.165) is 40.6 Å². The molecule has 0 radical (unpaired) electrons. The van der Waals surface area contributed by atoms with E-state index >= 15 is 0 Å². The zero-order chi connectivity index (χ0) is 22.1. The first-order valence-electron chi connectivity index (χ1n) is 11.2. The van der Waals surface area contributed by atoms with Crippen molar-refractivity contribution >= 4 is 22.5 Å².